The van der Waals surface area contributed by atoms with E-state index in [1.165, 1.54) is 11.3 Å². The van der Waals surface area contributed by atoms with Crippen LogP contribution in [0.3, 0.4) is 0 Å². The number of unbranched alkanes of at least 4 members (excludes halogenated alkanes) is 1. The fraction of sp³-hybridized carbons (Fsp3) is 0.364. The lowest BCUT2D eigenvalue weighted by molar-refractivity contribution is -0.135. The molecule has 0 saturated carbocycles. The monoisotopic (exact) mass is 819 g/mol. The van der Waals surface area contributed by atoms with Crippen molar-refractivity contribution in [1.29, 1.82) is 0 Å². The largest absolute Gasteiger partial charge is 0.368 e. The molecule has 3 heterocycles. The fourth-order valence-electron chi connectivity index (χ4n) is 7.36. The van der Waals surface area contributed by atoms with Crippen LogP contribution in [0, 0.1) is 5.92 Å². The molecule has 310 valence electrons. The minimum Gasteiger partial charge on any atom is -0.368 e. The summed E-state index contributed by atoms with van der Waals surface area (Å²) in [4.78, 5) is 76.4. The first-order chi connectivity index (χ1) is 28.7. The molecule has 10 N–H and O–H groups in total. The van der Waals surface area contributed by atoms with E-state index in [0.717, 1.165) is 33.2 Å². The van der Waals surface area contributed by atoms with E-state index in [2.05, 4.69) is 36.6 Å². The third-order valence-corrected chi connectivity index (χ3v) is 11.3. The van der Waals surface area contributed by atoms with Crippen molar-refractivity contribution in [1.82, 2.24) is 36.6 Å². The molecule has 2 aromatic heterocycles. The maximum atomic E-state index is 14.5. The van der Waals surface area contributed by atoms with Crippen LogP contribution in [0.15, 0.2) is 96.0 Å². The summed E-state index contributed by atoms with van der Waals surface area (Å²) in [6.45, 7) is 1.83. The van der Waals surface area contributed by atoms with Gasteiger partial charge in [-0.15, -0.1) is 11.3 Å². The number of carbonyl (C=O) groups is 5. The highest BCUT2D eigenvalue weighted by Crippen LogP contribution is 2.22. The van der Waals surface area contributed by atoms with Gasteiger partial charge in [-0.05, 0) is 80.1 Å². The number of rotatable bonds is 20. The quantitative estimate of drug-likeness (QED) is 0.0544. The highest BCUT2D eigenvalue weighted by Gasteiger charge is 2.33. The SMILES string of the molecule is NCCCC[C@H](NC(=O)[C@H](Cc1cscn1)NC(=O)[C@@H](Cc1c[nH]c2ccccc12)NC(=O)[C@@H](Cc1ccc(-c2ccccc2)cc1)NC(=O)C1CCNCC1)C(N)=O. The number of aromatic amines is 1. The Bertz CT molecular complexity index is 2150. The molecule has 0 aliphatic carbocycles. The number of H-pyrrole nitrogens is 1. The predicted octanol–water partition coefficient (Wildman–Crippen LogP) is 2.87. The Balaban J connectivity index is 1.27. The van der Waals surface area contributed by atoms with Crippen LogP contribution in [0.2, 0.25) is 0 Å². The van der Waals surface area contributed by atoms with Crippen molar-refractivity contribution in [2.75, 3.05) is 19.6 Å². The lowest BCUT2D eigenvalue weighted by Gasteiger charge is -2.28. The summed E-state index contributed by atoms with van der Waals surface area (Å²) in [5.74, 6) is -2.98. The van der Waals surface area contributed by atoms with Crippen molar-refractivity contribution >= 4 is 51.8 Å². The van der Waals surface area contributed by atoms with Gasteiger partial charge in [0.05, 0.1) is 11.2 Å². The van der Waals surface area contributed by atoms with E-state index in [4.69, 9.17) is 11.5 Å². The van der Waals surface area contributed by atoms with Gasteiger partial charge in [-0.2, -0.15) is 0 Å². The maximum Gasteiger partial charge on any atom is 0.243 e. The van der Waals surface area contributed by atoms with Crippen molar-refractivity contribution in [3.05, 3.63) is 113 Å². The molecular formula is C44H53N9O5S. The van der Waals surface area contributed by atoms with Crippen molar-refractivity contribution in [3.63, 3.8) is 0 Å². The van der Waals surface area contributed by atoms with E-state index in [-0.39, 0.29) is 37.5 Å². The first-order valence-corrected chi connectivity index (χ1v) is 21.1. The summed E-state index contributed by atoms with van der Waals surface area (Å²) in [5, 5.41) is 17.5. The molecule has 15 heteroatoms. The van der Waals surface area contributed by atoms with Gasteiger partial charge in [0.1, 0.15) is 24.2 Å². The van der Waals surface area contributed by atoms with Crippen LogP contribution in [0.25, 0.3) is 22.0 Å². The zero-order valence-electron chi connectivity index (χ0n) is 33.0. The average molecular weight is 820 g/mol. The minimum absolute atomic E-state index is 0.0248. The zero-order valence-corrected chi connectivity index (χ0v) is 33.8. The van der Waals surface area contributed by atoms with Crippen molar-refractivity contribution < 1.29 is 24.0 Å². The van der Waals surface area contributed by atoms with E-state index < -0.39 is 47.8 Å². The number of fused-ring (bicyclic) bond motifs is 1. The number of aromatic nitrogens is 2. The molecule has 5 aromatic rings. The molecule has 1 saturated heterocycles. The second-order valence-electron chi connectivity index (χ2n) is 15.0. The molecule has 1 aliphatic rings. The summed E-state index contributed by atoms with van der Waals surface area (Å²) >= 11 is 1.34. The molecule has 59 heavy (non-hydrogen) atoms. The Hall–Kier alpha value is -5.90. The van der Waals surface area contributed by atoms with Gasteiger partial charge in [-0.1, -0.05) is 72.8 Å². The lowest BCUT2D eigenvalue weighted by Crippen LogP contribution is -2.59. The number of piperidine rings is 1. The van der Waals surface area contributed by atoms with E-state index in [9.17, 15) is 24.0 Å². The molecule has 1 aliphatic heterocycles. The average Bonchev–Trinajstić information content (AvgIpc) is 3.93. The predicted molar refractivity (Wildman–Crippen MR) is 229 cm³/mol. The first kappa shape index (κ1) is 42.7. The normalized spacial score (nSPS) is 15.1. The third-order valence-electron chi connectivity index (χ3n) is 10.7. The zero-order chi connectivity index (χ0) is 41.6. The van der Waals surface area contributed by atoms with Gasteiger partial charge in [0.2, 0.25) is 29.5 Å². The van der Waals surface area contributed by atoms with Crippen molar-refractivity contribution in [2.24, 2.45) is 17.4 Å². The smallest absolute Gasteiger partial charge is 0.243 e. The Morgan fingerprint density at radius 3 is 2.02 bits per heavy atom. The number of para-hydroxylation sites is 1. The number of thiazole rings is 1. The Morgan fingerprint density at radius 1 is 0.729 bits per heavy atom. The molecule has 0 spiro atoms. The molecule has 5 amide bonds. The third kappa shape index (κ3) is 12.1. The van der Waals surface area contributed by atoms with Crippen LogP contribution in [0.5, 0.6) is 0 Å². The van der Waals surface area contributed by atoms with Crippen LogP contribution < -0.4 is 38.1 Å². The number of primary amides is 1. The van der Waals surface area contributed by atoms with Gasteiger partial charge in [0.25, 0.3) is 0 Å². The topological polar surface area (TPSA) is 226 Å². The highest BCUT2D eigenvalue weighted by atomic mass is 32.1. The van der Waals surface area contributed by atoms with E-state index in [0.29, 0.717) is 51.0 Å². The second-order valence-corrected chi connectivity index (χ2v) is 15.7. The number of hydrogen-bond donors (Lipinski definition) is 8. The van der Waals surface area contributed by atoms with Gasteiger partial charge in [-0.25, -0.2) is 4.98 Å². The number of carbonyl (C=O) groups excluding carboxylic acids is 5. The first-order valence-electron chi connectivity index (χ1n) is 20.2. The molecule has 0 radical (unpaired) electrons. The van der Waals surface area contributed by atoms with Crippen LogP contribution in [0.4, 0.5) is 0 Å². The summed E-state index contributed by atoms with van der Waals surface area (Å²) < 4.78 is 0. The van der Waals surface area contributed by atoms with Crippen LogP contribution in [-0.2, 0) is 43.2 Å². The van der Waals surface area contributed by atoms with Crippen molar-refractivity contribution in [3.8, 4) is 11.1 Å². The molecule has 1 fully saturated rings. The molecule has 0 unspecified atom stereocenters. The van der Waals surface area contributed by atoms with Gasteiger partial charge >= 0.3 is 0 Å². The molecule has 6 rings (SSSR count). The van der Waals surface area contributed by atoms with Gasteiger partial charge < -0.3 is 43.0 Å². The van der Waals surface area contributed by atoms with Gasteiger partial charge in [0, 0.05) is 47.7 Å². The molecule has 3 aromatic carbocycles. The molecule has 0 bridgehead atoms. The van der Waals surface area contributed by atoms with Crippen LogP contribution >= 0.6 is 11.3 Å². The van der Waals surface area contributed by atoms with Gasteiger partial charge in [0.15, 0.2) is 0 Å². The van der Waals surface area contributed by atoms with E-state index in [1.807, 2.05) is 78.9 Å². The molecule has 14 nitrogen and oxygen atoms in total. The number of nitrogens with one attached hydrogen (secondary N) is 6. The number of nitrogens with zero attached hydrogens (tertiary/aromatic N) is 1. The number of nitrogens with two attached hydrogens (primary N) is 2. The minimum atomic E-state index is -1.18. The summed E-state index contributed by atoms with van der Waals surface area (Å²) in [6.07, 6.45) is 4.84. The molecular weight excluding hydrogens is 767 g/mol. The van der Waals surface area contributed by atoms with Gasteiger partial charge in [-0.3, -0.25) is 24.0 Å². The number of benzene rings is 3. The lowest BCUT2D eigenvalue weighted by atomic mass is 9.95. The van der Waals surface area contributed by atoms with Crippen molar-refractivity contribution in [2.45, 2.75) is 75.5 Å². The Kier molecular flexibility index (Phi) is 15.3. The standard InChI is InChI=1S/C44H53N9O5S/c45-19-7-6-12-36(40(46)54)50-44(58)39(24-33-26-59-27-49-33)53-43(57)38(23-32-25-48-35-11-5-4-10-34(32)35)52-42(56)37(51-41(55)31-17-20-47-21-18-31)22-28-13-15-30(16-14-28)29-8-2-1-3-9-29/h1-5,8-11,13-16,25-27,31,36-39,47-48H,6-7,12,17-24,45H2,(H2,46,54)(H,50,58)(H,51,55)(H,52,56)(H,53,57)/t36-,37+,38+,39-/m0/s1. The maximum absolute atomic E-state index is 14.5. The summed E-state index contributed by atoms with van der Waals surface area (Å²) in [6, 6.07) is 21.1. The number of amides is 5. The van der Waals surface area contributed by atoms with Crippen LogP contribution in [-0.4, -0.2) is 83.3 Å². The van der Waals surface area contributed by atoms with E-state index in [1.54, 1.807) is 17.1 Å². The van der Waals surface area contributed by atoms with Crippen LogP contribution in [0.1, 0.15) is 48.9 Å². The molecule has 4 atom stereocenters. The summed E-state index contributed by atoms with van der Waals surface area (Å²) in [5.41, 5.74) is 18.0. The highest BCUT2D eigenvalue weighted by molar-refractivity contribution is 7.07. The number of hydrogen-bond acceptors (Lipinski definition) is 9. The fourth-order valence-corrected chi connectivity index (χ4v) is 7.94. The van der Waals surface area contributed by atoms with E-state index >= 15 is 0 Å². The second kappa shape index (κ2) is 21.2. The summed E-state index contributed by atoms with van der Waals surface area (Å²) in [7, 11) is 0. The Labute approximate surface area is 347 Å². The Morgan fingerprint density at radius 2 is 1.36 bits per heavy atom.